The lowest BCUT2D eigenvalue weighted by Gasteiger charge is -2.21. The maximum atomic E-state index is 12.1. The first-order chi connectivity index (χ1) is 8.12. The van der Waals surface area contributed by atoms with Crippen LogP contribution in [0.25, 0.3) is 0 Å². The van der Waals surface area contributed by atoms with Crippen LogP contribution < -0.4 is 11.1 Å². The minimum Gasteiger partial charge on any atom is -0.398 e. The summed E-state index contributed by atoms with van der Waals surface area (Å²) >= 11 is 1.75. The van der Waals surface area contributed by atoms with Crippen molar-refractivity contribution in [3.8, 4) is 0 Å². The van der Waals surface area contributed by atoms with Gasteiger partial charge in [-0.1, -0.05) is 18.2 Å². The first-order valence-corrected chi connectivity index (χ1v) is 6.86. The van der Waals surface area contributed by atoms with Gasteiger partial charge in [-0.25, -0.2) is 0 Å². The van der Waals surface area contributed by atoms with Crippen LogP contribution in [-0.2, 0) is 11.3 Å². The number of carbonyl (C=O) groups excluding carboxylic acids is 1. The Morgan fingerprint density at radius 1 is 1.53 bits per heavy atom. The van der Waals surface area contributed by atoms with E-state index < -0.39 is 0 Å². The normalized spacial score (nSPS) is 23.6. The molecule has 0 aliphatic carbocycles. The fraction of sp³-hybridized carbons (Fsp3) is 0.462. The van der Waals surface area contributed by atoms with Gasteiger partial charge in [-0.3, -0.25) is 4.79 Å². The van der Waals surface area contributed by atoms with Gasteiger partial charge in [0.25, 0.3) is 0 Å². The van der Waals surface area contributed by atoms with E-state index in [0.717, 1.165) is 29.8 Å². The Labute approximate surface area is 106 Å². The predicted molar refractivity (Wildman–Crippen MR) is 72.8 cm³/mol. The smallest absolute Gasteiger partial charge is 0.236 e. The van der Waals surface area contributed by atoms with Crippen LogP contribution in [0.2, 0.25) is 0 Å². The number of benzene rings is 1. The number of carbonyl (C=O) groups is 1. The van der Waals surface area contributed by atoms with Crippen LogP contribution in [0.1, 0.15) is 25.3 Å². The van der Waals surface area contributed by atoms with E-state index in [4.69, 9.17) is 5.73 Å². The average molecular weight is 250 g/mol. The van der Waals surface area contributed by atoms with Crippen molar-refractivity contribution < 1.29 is 4.79 Å². The van der Waals surface area contributed by atoms with Gasteiger partial charge < -0.3 is 11.1 Å². The number of hydrogen-bond acceptors (Lipinski definition) is 3. The van der Waals surface area contributed by atoms with Crippen LogP contribution in [0.15, 0.2) is 24.3 Å². The summed E-state index contributed by atoms with van der Waals surface area (Å²) in [5.41, 5.74) is 7.55. The van der Waals surface area contributed by atoms with Gasteiger partial charge in [-0.05, 0) is 37.1 Å². The molecule has 1 aliphatic heterocycles. The Hall–Kier alpha value is -1.16. The highest BCUT2D eigenvalue weighted by molar-refractivity contribution is 8.01. The summed E-state index contributed by atoms with van der Waals surface area (Å²) in [6.45, 7) is 2.54. The fourth-order valence-electron chi connectivity index (χ4n) is 2.02. The molecule has 0 saturated carbocycles. The van der Waals surface area contributed by atoms with Gasteiger partial charge in [-0.15, -0.1) is 11.8 Å². The first kappa shape index (κ1) is 12.3. The summed E-state index contributed by atoms with van der Waals surface area (Å²) in [5.74, 6) is 1.21. The molecule has 1 aromatic rings. The molecule has 4 heteroatoms. The molecular formula is C13H18N2OS. The van der Waals surface area contributed by atoms with Crippen molar-refractivity contribution in [3.05, 3.63) is 29.8 Å². The second-order valence-corrected chi connectivity index (χ2v) is 6.16. The summed E-state index contributed by atoms with van der Waals surface area (Å²) < 4.78 is -0.246. The average Bonchev–Trinajstić information content (AvgIpc) is 2.76. The molecule has 0 aromatic heterocycles. The lowest BCUT2D eigenvalue weighted by molar-refractivity contribution is -0.123. The van der Waals surface area contributed by atoms with Gasteiger partial charge in [0.05, 0.1) is 4.75 Å². The quantitative estimate of drug-likeness (QED) is 0.808. The third kappa shape index (κ3) is 2.75. The topological polar surface area (TPSA) is 55.1 Å². The highest BCUT2D eigenvalue weighted by Gasteiger charge is 2.36. The molecule has 1 heterocycles. The van der Waals surface area contributed by atoms with E-state index in [-0.39, 0.29) is 10.7 Å². The number of amides is 1. The van der Waals surface area contributed by atoms with E-state index in [1.165, 1.54) is 0 Å². The van der Waals surface area contributed by atoms with Crippen molar-refractivity contribution >= 4 is 23.4 Å². The SMILES string of the molecule is CC1(C(=O)NCc2ccccc2N)CCCS1. The number of thioether (sulfide) groups is 1. The Balaban J connectivity index is 1.94. The van der Waals surface area contributed by atoms with Gasteiger partial charge in [0.2, 0.25) is 5.91 Å². The number of anilines is 1. The Bertz CT molecular complexity index is 414. The van der Waals surface area contributed by atoms with Crippen molar-refractivity contribution in [3.63, 3.8) is 0 Å². The largest absolute Gasteiger partial charge is 0.398 e. The van der Waals surface area contributed by atoms with Crippen molar-refractivity contribution in [1.29, 1.82) is 0 Å². The minimum absolute atomic E-state index is 0.128. The van der Waals surface area contributed by atoms with Crippen LogP contribution in [-0.4, -0.2) is 16.4 Å². The zero-order chi connectivity index (χ0) is 12.3. The van der Waals surface area contributed by atoms with Crippen LogP contribution >= 0.6 is 11.8 Å². The molecule has 3 nitrogen and oxygen atoms in total. The number of rotatable bonds is 3. The summed E-state index contributed by atoms with van der Waals surface area (Å²) in [5, 5.41) is 2.98. The highest BCUT2D eigenvalue weighted by atomic mass is 32.2. The maximum Gasteiger partial charge on any atom is 0.236 e. The summed E-state index contributed by atoms with van der Waals surface area (Å²) in [7, 11) is 0. The van der Waals surface area contributed by atoms with Crippen molar-refractivity contribution in [2.45, 2.75) is 31.1 Å². The van der Waals surface area contributed by atoms with E-state index >= 15 is 0 Å². The fourth-order valence-corrected chi connectivity index (χ4v) is 3.25. The molecule has 1 aromatic carbocycles. The third-order valence-corrected chi connectivity index (χ3v) is 4.71. The van der Waals surface area contributed by atoms with E-state index in [0.29, 0.717) is 6.54 Å². The number of nitrogen functional groups attached to an aromatic ring is 1. The minimum atomic E-state index is -0.246. The molecular weight excluding hydrogens is 232 g/mol. The maximum absolute atomic E-state index is 12.1. The first-order valence-electron chi connectivity index (χ1n) is 5.87. The Morgan fingerprint density at radius 3 is 2.94 bits per heavy atom. The number of nitrogens with one attached hydrogen (secondary N) is 1. The van der Waals surface area contributed by atoms with Crippen LogP contribution in [0, 0.1) is 0 Å². The summed E-state index contributed by atoms with van der Waals surface area (Å²) in [6, 6.07) is 7.63. The molecule has 1 saturated heterocycles. The standard InChI is InChI=1S/C13H18N2OS/c1-13(7-4-8-17-13)12(16)15-9-10-5-2-3-6-11(10)14/h2-3,5-6H,4,7-9,14H2,1H3,(H,15,16). The van der Waals surface area contributed by atoms with Gasteiger partial charge >= 0.3 is 0 Å². The van der Waals surface area contributed by atoms with Gasteiger partial charge in [0.15, 0.2) is 0 Å². The number of hydrogen-bond donors (Lipinski definition) is 2. The van der Waals surface area contributed by atoms with E-state index in [1.807, 2.05) is 31.2 Å². The van der Waals surface area contributed by atoms with E-state index in [9.17, 15) is 4.79 Å². The van der Waals surface area contributed by atoms with E-state index in [2.05, 4.69) is 5.32 Å². The lowest BCUT2D eigenvalue weighted by Crippen LogP contribution is -2.39. The molecule has 1 atom stereocenters. The van der Waals surface area contributed by atoms with Crippen molar-refractivity contribution in [2.24, 2.45) is 0 Å². The Morgan fingerprint density at radius 2 is 2.29 bits per heavy atom. The molecule has 1 aliphatic rings. The van der Waals surface area contributed by atoms with Gasteiger partial charge in [0, 0.05) is 12.2 Å². The van der Waals surface area contributed by atoms with E-state index in [1.54, 1.807) is 11.8 Å². The number of para-hydroxylation sites is 1. The zero-order valence-corrected chi connectivity index (χ0v) is 10.8. The second-order valence-electron chi connectivity index (χ2n) is 4.56. The summed E-state index contributed by atoms with van der Waals surface area (Å²) in [6.07, 6.45) is 2.09. The van der Waals surface area contributed by atoms with Crippen molar-refractivity contribution in [1.82, 2.24) is 5.32 Å². The molecule has 1 fully saturated rings. The summed E-state index contributed by atoms with van der Waals surface area (Å²) in [4.78, 5) is 12.1. The van der Waals surface area contributed by atoms with Crippen LogP contribution in [0.4, 0.5) is 5.69 Å². The molecule has 17 heavy (non-hydrogen) atoms. The second kappa shape index (κ2) is 5.00. The lowest BCUT2D eigenvalue weighted by atomic mass is 10.0. The van der Waals surface area contributed by atoms with Crippen LogP contribution in [0.5, 0.6) is 0 Å². The molecule has 1 amide bonds. The van der Waals surface area contributed by atoms with Crippen LogP contribution in [0.3, 0.4) is 0 Å². The molecule has 0 spiro atoms. The molecule has 92 valence electrons. The Kier molecular flexibility index (Phi) is 3.62. The van der Waals surface area contributed by atoms with Gasteiger partial charge in [-0.2, -0.15) is 0 Å². The highest BCUT2D eigenvalue weighted by Crippen LogP contribution is 2.37. The zero-order valence-electron chi connectivity index (χ0n) is 10.0. The number of nitrogens with two attached hydrogens (primary N) is 1. The molecule has 1 unspecified atom stereocenters. The third-order valence-electron chi connectivity index (χ3n) is 3.19. The molecule has 0 radical (unpaired) electrons. The predicted octanol–water partition coefficient (Wildman–Crippen LogP) is 2.17. The van der Waals surface area contributed by atoms with Crippen molar-refractivity contribution in [2.75, 3.05) is 11.5 Å². The molecule has 2 rings (SSSR count). The monoisotopic (exact) mass is 250 g/mol. The molecule has 3 N–H and O–H groups in total. The van der Waals surface area contributed by atoms with Gasteiger partial charge in [0.1, 0.15) is 0 Å². The molecule has 0 bridgehead atoms.